The van der Waals surface area contributed by atoms with Crippen molar-refractivity contribution in [1.82, 2.24) is 20.9 Å². The zero-order valence-electron chi connectivity index (χ0n) is 21.5. The van der Waals surface area contributed by atoms with Gasteiger partial charge in [-0.1, -0.05) is 30.3 Å². The highest BCUT2D eigenvalue weighted by molar-refractivity contribution is 7.98. The molecule has 3 rings (SSSR count). The van der Waals surface area contributed by atoms with Gasteiger partial charge < -0.3 is 36.9 Å². The molecule has 0 saturated heterocycles. The number of hydrogen-bond acceptors (Lipinski definition) is 7. The number of amides is 3. The number of nitrogens with two attached hydrogens (primary N) is 1. The minimum absolute atomic E-state index is 0.0515. The van der Waals surface area contributed by atoms with Gasteiger partial charge in [-0.2, -0.15) is 11.8 Å². The first-order valence-electron chi connectivity index (χ1n) is 12.4. The molecule has 3 aromatic rings. The van der Waals surface area contributed by atoms with Crippen LogP contribution in [0.3, 0.4) is 0 Å². The molecule has 11 nitrogen and oxygen atoms in total. The number of aromatic amines is 1. The van der Waals surface area contributed by atoms with E-state index in [9.17, 15) is 29.4 Å². The predicted octanol–water partition coefficient (Wildman–Crippen LogP) is 0.910. The van der Waals surface area contributed by atoms with Gasteiger partial charge in [0.05, 0.1) is 12.6 Å². The summed E-state index contributed by atoms with van der Waals surface area (Å²) in [6.45, 7) is -0.467. The van der Waals surface area contributed by atoms with Crippen molar-refractivity contribution in [1.29, 1.82) is 0 Å². The van der Waals surface area contributed by atoms with Crippen LogP contribution in [0.1, 0.15) is 17.5 Å². The van der Waals surface area contributed by atoms with E-state index in [0.717, 1.165) is 16.5 Å². The fraction of sp³-hybridized carbons (Fsp3) is 0.333. The first kappa shape index (κ1) is 29.5. The largest absolute Gasteiger partial charge is 0.508 e. The van der Waals surface area contributed by atoms with Gasteiger partial charge in [0.25, 0.3) is 0 Å². The van der Waals surface area contributed by atoms with Crippen LogP contribution in [0.5, 0.6) is 5.75 Å². The number of H-pyrrole nitrogens is 1. The van der Waals surface area contributed by atoms with E-state index in [1.807, 2.05) is 30.5 Å². The molecule has 3 amide bonds. The van der Waals surface area contributed by atoms with Gasteiger partial charge in [0.15, 0.2) is 0 Å². The molecule has 0 aliphatic rings. The van der Waals surface area contributed by atoms with Crippen LogP contribution in [0.15, 0.2) is 54.7 Å². The van der Waals surface area contributed by atoms with Gasteiger partial charge in [0.1, 0.15) is 17.8 Å². The molecule has 3 unspecified atom stereocenters. The number of hydrogen-bond donors (Lipinski definition) is 7. The van der Waals surface area contributed by atoms with Crippen LogP contribution >= 0.6 is 11.8 Å². The molecule has 208 valence electrons. The second-order valence-electron chi connectivity index (χ2n) is 9.06. The number of nitrogens with one attached hydrogen (secondary N) is 4. The second-order valence-corrected chi connectivity index (χ2v) is 10.0. The molecule has 0 radical (unpaired) electrons. The van der Waals surface area contributed by atoms with Gasteiger partial charge in [0, 0.05) is 23.5 Å². The van der Waals surface area contributed by atoms with E-state index >= 15 is 0 Å². The molecule has 1 heterocycles. The smallest absolute Gasteiger partial charge is 0.326 e. The van der Waals surface area contributed by atoms with Gasteiger partial charge in [-0.25, -0.2) is 4.79 Å². The Bertz CT molecular complexity index is 1300. The molecule has 0 bridgehead atoms. The van der Waals surface area contributed by atoms with E-state index in [2.05, 4.69) is 20.9 Å². The van der Waals surface area contributed by atoms with Crippen LogP contribution in [-0.4, -0.2) is 75.6 Å². The number of carbonyl (C=O) groups is 4. The number of carbonyl (C=O) groups excluding carboxylic acids is 3. The lowest BCUT2D eigenvalue weighted by Crippen LogP contribution is -2.54. The number of carboxylic acids is 1. The number of aliphatic carboxylic acids is 1. The predicted molar refractivity (Wildman–Crippen MR) is 149 cm³/mol. The third kappa shape index (κ3) is 8.76. The Morgan fingerprint density at radius 2 is 1.69 bits per heavy atom. The lowest BCUT2D eigenvalue weighted by atomic mass is 10.0. The highest BCUT2D eigenvalue weighted by Gasteiger charge is 2.26. The van der Waals surface area contributed by atoms with Gasteiger partial charge in [-0.3, -0.25) is 14.4 Å². The molecule has 0 aliphatic heterocycles. The van der Waals surface area contributed by atoms with Crippen LogP contribution in [-0.2, 0) is 32.0 Å². The van der Waals surface area contributed by atoms with E-state index in [-0.39, 0.29) is 25.0 Å². The summed E-state index contributed by atoms with van der Waals surface area (Å²) in [5, 5.41) is 27.4. The average Bonchev–Trinajstić information content (AvgIpc) is 3.32. The zero-order chi connectivity index (χ0) is 28.4. The highest BCUT2D eigenvalue weighted by atomic mass is 32.2. The molecule has 2 aromatic carbocycles. The Morgan fingerprint density at radius 3 is 2.38 bits per heavy atom. The maximum atomic E-state index is 13.0. The number of aromatic hydroxyl groups is 1. The van der Waals surface area contributed by atoms with Crippen molar-refractivity contribution in [3.05, 3.63) is 65.9 Å². The van der Waals surface area contributed by atoms with Crippen molar-refractivity contribution in [2.24, 2.45) is 5.73 Å². The minimum Gasteiger partial charge on any atom is -0.508 e. The first-order chi connectivity index (χ1) is 18.7. The van der Waals surface area contributed by atoms with E-state index in [1.165, 1.54) is 23.9 Å². The monoisotopic (exact) mass is 555 g/mol. The van der Waals surface area contributed by atoms with Crippen LogP contribution < -0.4 is 21.7 Å². The molecule has 1 aromatic heterocycles. The normalized spacial score (nSPS) is 13.3. The number of para-hydroxylation sites is 1. The summed E-state index contributed by atoms with van der Waals surface area (Å²) in [7, 11) is 0. The van der Waals surface area contributed by atoms with E-state index in [4.69, 9.17) is 5.73 Å². The third-order valence-corrected chi connectivity index (χ3v) is 6.77. The van der Waals surface area contributed by atoms with Crippen molar-refractivity contribution in [2.75, 3.05) is 18.6 Å². The number of phenols is 1. The Morgan fingerprint density at radius 1 is 0.974 bits per heavy atom. The highest BCUT2D eigenvalue weighted by Crippen LogP contribution is 2.19. The quantitative estimate of drug-likeness (QED) is 0.153. The number of aromatic nitrogens is 1. The molecule has 0 aliphatic carbocycles. The van der Waals surface area contributed by atoms with Crippen LogP contribution in [0.2, 0.25) is 0 Å². The van der Waals surface area contributed by atoms with Crippen molar-refractivity contribution in [3.63, 3.8) is 0 Å². The van der Waals surface area contributed by atoms with E-state index < -0.39 is 48.4 Å². The Hall–Kier alpha value is -4.03. The number of benzene rings is 2. The van der Waals surface area contributed by atoms with Gasteiger partial charge in [-0.15, -0.1) is 0 Å². The minimum atomic E-state index is -1.16. The second kappa shape index (κ2) is 14.2. The number of fused-ring (bicyclic) bond motifs is 1. The Balaban J connectivity index is 1.65. The molecule has 8 N–H and O–H groups in total. The number of phenolic OH excluding ortho intramolecular Hbond substituents is 1. The van der Waals surface area contributed by atoms with E-state index in [0.29, 0.717) is 11.3 Å². The van der Waals surface area contributed by atoms with Gasteiger partial charge >= 0.3 is 5.97 Å². The van der Waals surface area contributed by atoms with E-state index in [1.54, 1.807) is 18.3 Å². The number of thioether (sulfide) groups is 1. The molecule has 0 saturated carbocycles. The van der Waals surface area contributed by atoms with Crippen LogP contribution in [0.4, 0.5) is 0 Å². The number of rotatable bonds is 14. The molecule has 3 atom stereocenters. The maximum absolute atomic E-state index is 13.0. The summed E-state index contributed by atoms with van der Waals surface area (Å²) < 4.78 is 0. The average molecular weight is 556 g/mol. The topological polar surface area (TPSA) is 187 Å². The van der Waals surface area contributed by atoms with Crippen LogP contribution in [0, 0.1) is 0 Å². The molecule has 0 spiro atoms. The Kier molecular flexibility index (Phi) is 10.8. The summed E-state index contributed by atoms with van der Waals surface area (Å²) in [6.07, 6.45) is 4.17. The molecular weight excluding hydrogens is 522 g/mol. The van der Waals surface area contributed by atoms with Crippen molar-refractivity contribution < 1.29 is 29.4 Å². The molecule has 39 heavy (non-hydrogen) atoms. The Labute approximate surface area is 229 Å². The molecule has 12 heteroatoms. The van der Waals surface area contributed by atoms with Crippen molar-refractivity contribution in [2.45, 2.75) is 37.4 Å². The van der Waals surface area contributed by atoms with Crippen molar-refractivity contribution in [3.8, 4) is 5.75 Å². The SMILES string of the molecule is CSCCC(NC(=O)CNC(=O)C(Cc1ccc(O)cc1)NC(=O)C(N)Cc1c[nH]c2ccccc12)C(=O)O. The molecular formula is C27H33N5O6S. The zero-order valence-corrected chi connectivity index (χ0v) is 22.3. The first-order valence-corrected chi connectivity index (χ1v) is 13.7. The fourth-order valence-corrected chi connectivity index (χ4v) is 4.49. The lowest BCUT2D eigenvalue weighted by Gasteiger charge is -2.21. The summed E-state index contributed by atoms with van der Waals surface area (Å²) >= 11 is 1.46. The maximum Gasteiger partial charge on any atom is 0.326 e. The standard InChI is InChI=1S/C27H33N5O6S/c1-39-11-10-22(27(37)38)31-24(34)15-30-26(36)23(12-16-6-8-18(33)9-7-16)32-25(35)20(28)13-17-14-29-21-5-3-2-4-19(17)21/h2-9,14,20,22-23,29,33H,10-13,15,28H2,1H3,(H,30,36)(H,31,34)(H,32,35)(H,37,38). The number of carboxylic acid groups (broad SMARTS) is 1. The molecule has 0 fully saturated rings. The van der Waals surface area contributed by atoms with Crippen LogP contribution in [0.25, 0.3) is 10.9 Å². The third-order valence-electron chi connectivity index (χ3n) is 6.13. The van der Waals surface area contributed by atoms with Gasteiger partial charge in [0.2, 0.25) is 17.7 Å². The summed E-state index contributed by atoms with van der Waals surface area (Å²) in [4.78, 5) is 52.9. The summed E-state index contributed by atoms with van der Waals surface area (Å²) in [6, 6.07) is 10.7. The lowest BCUT2D eigenvalue weighted by molar-refractivity contribution is -0.141. The summed E-state index contributed by atoms with van der Waals surface area (Å²) in [5.41, 5.74) is 8.63. The fourth-order valence-electron chi connectivity index (χ4n) is 4.01. The van der Waals surface area contributed by atoms with Crippen molar-refractivity contribution >= 4 is 46.4 Å². The summed E-state index contributed by atoms with van der Waals surface area (Å²) in [5.74, 6) is -2.42. The van der Waals surface area contributed by atoms with Gasteiger partial charge in [-0.05, 0) is 54.2 Å².